The van der Waals surface area contributed by atoms with E-state index in [1.165, 1.54) is 24.3 Å². The Morgan fingerprint density at radius 2 is 1.79 bits per heavy atom. The highest BCUT2D eigenvalue weighted by molar-refractivity contribution is 8.01. The number of nitrogens with zero attached hydrogens (tertiary/aromatic N) is 5. The van der Waals surface area contributed by atoms with Gasteiger partial charge >= 0.3 is 0 Å². The molecule has 34 heavy (non-hydrogen) atoms. The average Bonchev–Trinajstić information content (AvgIpc) is 3.48. The number of nitrogens with one attached hydrogen (secondary N) is 1. The maximum absolute atomic E-state index is 13.2. The molecule has 3 heterocycles. The normalized spacial score (nSPS) is 11.9. The molecule has 0 aliphatic heterocycles. The lowest BCUT2D eigenvalue weighted by Gasteiger charge is -2.18. The van der Waals surface area contributed by atoms with Crippen LogP contribution in [0.1, 0.15) is 24.9 Å². The zero-order valence-corrected chi connectivity index (χ0v) is 20.1. The number of benzene rings is 1. The largest absolute Gasteiger partial charge is 0.494 e. The summed E-state index contributed by atoms with van der Waals surface area (Å²) in [4.78, 5) is 8.14. The van der Waals surface area contributed by atoms with Gasteiger partial charge in [-0.25, -0.2) is 14.4 Å². The lowest BCUT2D eigenvalue weighted by atomic mass is 10.2. The van der Waals surface area contributed by atoms with Crippen molar-refractivity contribution in [1.29, 1.82) is 0 Å². The summed E-state index contributed by atoms with van der Waals surface area (Å²) in [5.74, 6) is 3.56. The molecule has 0 radical (unpaired) electrons. The predicted molar refractivity (Wildman–Crippen MR) is 128 cm³/mol. The summed E-state index contributed by atoms with van der Waals surface area (Å²) in [6.07, 6.45) is 3.74. The molecule has 9 nitrogen and oxygen atoms in total. The van der Waals surface area contributed by atoms with Crippen LogP contribution in [0.25, 0.3) is 17.3 Å². The van der Waals surface area contributed by atoms with Gasteiger partial charge in [0.1, 0.15) is 28.8 Å². The quantitative estimate of drug-likeness (QED) is 0.316. The molecule has 0 saturated heterocycles. The van der Waals surface area contributed by atoms with Gasteiger partial charge in [0.05, 0.1) is 26.6 Å². The van der Waals surface area contributed by atoms with Crippen molar-refractivity contribution >= 4 is 17.9 Å². The van der Waals surface area contributed by atoms with Crippen molar-refractivity contribution in [2.45, 2.75) is 31.9 Å². The summed E-state index contributed by atoms with van der Waals surface area (Å²) in [6, 6.07) is 9.24. The molecular formula is C23H25FN6O3S. The molecule has 0 amide bonds. The summed E-state index contributed by atoms with van der Waals surface area (Å²) >= 11 is 1.46. The second kappa shape index (κ2) is 10.6. The summed E-state index contributed by atoms with van der Waals surface area (Å²) < 4.78 is 35.4. The number of rotatable bonds is 10. The highest BCUT2D eigenvalue weighted by atomic mass is 32.2. The molecule has 0 spiro atoms. The first-order valence-corrected chi connectivity index (χ1v) is 11.5. The molecule has 4 rings (SSSR count). The molecular weight excluding hydrogens is 459 g/mol. The summed E-state index contributed by atoms with van der Waals surface area (Å²) in [7, 11) is 3.19. The molecule has 0 aliphatic carbocycles. The number of hydrogen-bond acceptors (Lipinski definition) is 9. The van der Waals surface area contributed by atoms with Crippen molar-refractivity contribution in [2.75, 3.05) is 18.9 Å². The zero-order chi connectivity index (χ0) is 24.1. The number of furan rings is 1. The van der Waals surface area contributed by atoms with Crippen LogP contribution in [0, 0.1) is 12.7 Å². The minimum atomic E-state index is -0.456. The Hall–Kier alpha value is -3.60. The Morgan fingerprint density at radius 3 is 2.38 bits per heavy atom. The highest BCUT2D eigenvalue weighted by Crippen LogP contribution is 2.38. The first kappa shape index (κ1) is 23.6. The topological polar surface area (TPSA) is 100 Å². The Balaban J connectivity index is 1.69. The van der Waals surface area contributed by atoms with Crippen molar-refractivity contribution in [1.82, 2.24) is 24.7 Å². The monoisotopic (exact) mass is 484 g/mol. The summed E-state index contributed by atoms with van der Waals surface area (Å²) in [5, 5.41) is 8.87. The Labute approximate surface area is 200 Å². The lowest BCUT2D eigenvalue weighted by Crippen LogP contribution is -2.13. The molecule has 1 aromatic carbocycles. The standard InChI is InChI=1S/C23H25FN6O3S/c1-5-16(11-20-25-12-15(24)13-26-20)34-29-23-28-27-22(19-10-9-14(2)33-19)30(23)21-17(31-3)7-6-8-18(21)32-4/h6-10,12-13,16H,5,11H2,1-4H3,(H,28,29)/t16-/m0/s1. The van der Waals surface area contributed by atoms with E-state index in [1.807, 2.05) is 41.8 Å². The van der Waals surface area contributed by atoms with Crippen LogP contribution in [0.2, 0.25) is 0 Å². The van der Waals surface area contributed by atoms with Crippen LogP contribution >= 0.6 is 11.9 Å². The molecule has 11 heteroatoms. The van der Waals surface area contributed by atoms with Gasteiger partial charge < -0.3 is 13.9 Å². The van der Waals surface area contributed by atoms with E-state index in [-0.39, 0.29) is 5.25 Å². The van der Waals surface area contributed by atoms with E-state index in [4.69, 9.17) is 13.9 Å². The van der Waals surface area contributed by atoms with Crippen molar-refractivity contribution in [3.8, 4) is 28.8 Å². The van der Waals surface area contributed by atoms with E-state index < -0.39 is 5.82 Å². The second-order valence-corrected chi connectivity index (χ2v) is 8.48. The number of anilines is 1. The van der Waals surface area contributed by atoms with E-state index in [2.05, 4.69) is 31.8 Å². The molecule has 0 bridgehead atoms. The molecule has 0 aliphatic rings. The van der Waals surface area contributed by atoms with Gasteiger partial charge in [-0.05, 0) is 49.6 Å². The van der Waals surface area contributed by atoms with Crippen LogP contribution in [0.4, 0.5) is 10.3 Å². The zero-order valence-electron chi connectivity index (χ0n) is 19.3. The van der Waals surface area contributed by atoms with Crippen LogP contribution in [0.3, 0.4) is 0 Å². The van der Waals surface area contributed by atoms with Gasteiger partial charge in [0.25, 0.3) is 0 Å². The molecule has 0 unspecified atom stereocenters. The first-order chi connectivity index (χ1) is 16.5. The fourth-order valence-electron chi connectivity index (χ4n) is 3.38. The summed E-state index contributed by atoms with van der Waals surface area (Å²) in [6.45, 7) is 3.93. The molecule has 178 valence electrons. The van der Waals surface area contributed by atoms with E-state index in [0.717, 1.165) is 12.2 Å². The minimum absolute atomic E-state index is 0.101. The van der Waals surface area contributed by atoms with Crippen LogP contribution in [0.5, 0.6) is 11.5 Å². The summed E-state index contributed by atoms with van der Waals surface area (Å²) in [5.41, 5.74) is 0.638. The van der Waals surface area contributed by atoms with E-state index in [1.54, 1.807) is 14.2 Å². The van der Waals surface area contributed by atoms with Gasteiger partial charge in [0.2, 0.25) is 11.8 Å². The number of aromatic nitrogens is 5. The lowest BCUT2D eigenvalue weighted by molar-refractivity contribution is 0.391. The maximum atomic E-state index is 13.2. The Bertz CT molecular complexity index is 1220. The third-order valence-corrected chi connectivity index (χ3v) is 6.24. The van der Waals surface area contributed by atoms with Gasteiger partial charge in [-0.15, -0.1) is 10.2 Å². The fraction of sp³-hybridized carbons (Fsp3) is 0.304. The van der Waals surface area contributed by atoms with Crippen molar-refractivity contribution in [3.63, 3.8) is 0 Å². The van der Waals surface area contributed by atoms with E-state index in [9.17, 15) is 4.39 Å². The second-order valence-electron chi connectivity index (χ2n) is 7.38. The molecule has 4 aromatic rings. The number of aryl methyl sites for hydroxylation is 1. The van der Waals surface area contributed by atoms with Gasteiger partial charge in [-0.2, -0.15) is 0 Å². The Kier molecular flexibility index (Phi) is 7.31. The number of halogens is 1. The van der Waals surface area contributed by atoms with Crippen LogP contribution < -0.4 is 14.2 Å². The molecule has 1 atom stereocenters. The number of ether oxygens (including phenoxy) is 2. The van der Waals surface area contributed by atoms with Crippen molar-refractivity contribution in [3.05, 3.63) is 60.1 Å². The molecule has 3 aromatic heterocycles. The third-order valence-electron chi connectivity index (χ3n) is 5.11. The van der Waals surface area contributed by atoms with Crippen molar-refractivity contribution in [2.24, 2.45) is 0 Å². The number of hydrogen-bond donors (Lipinski definition) is 1. The van der Waals surface area contributed by atoms with E-state index in [0.29, 0.717) is 47.0 Å². The smallest absolute Gasteiger partial charge is 0.239 e. The Morgan fingerprint density at radius 1 is 1.09 bits per heavy atom. The fourth-order valence-corrected chi connectivity index (χ4v) is 4.19. The van der Waals surface area contributed by atoms with Gasteiger partial charge in [0.15, 0.2) is 11.6 Å². The minimum Gasteiger partial charge on any atom is -0.494 e. The molecule has 1 N–H and O–H groups in total. The number of para-hydroxylation sites is 1. The number of methoxy groups -OCH3 is 2. The maximum Gasteiger partial charge on any atom is 0.239 e. The highest BCUT2D eigenvalue weighted by Gasteiger charge is 2.24. The van der Waals surface area contributed by atoms with Crippen LogP contribution in [0.15, 0.2) is 47.1 Å². The molecule has 0 saturated carbocycles. The van der Waals surface area contributed by atoms with Gasteiger partial charge in [0, 0.05) is 11.7 Å². The molecule has 0 fully saturated rings. The first-order valence-electron chi connectivity index (χ1n) is 10.7. The van der Waals surface area contributed by atoms with Crippen molar-refractivity contribution < 1.29 is 18.3 Å². The average molecular weight is 485 g/mol. The van der Waals surface area contributed by atoms with Crippen LogP contribution in [-0.4, -0.2) is 44.2 Å². The van der Waals surface area contributed by atoms with Gasteiger partial charge in [-0.3, -0.25) is 9.29 Å². The SMILES string of the molecule is CC[C@@H](Cc1ncc(F)cn1)SNc1nnc(-c2ccc(C)o2)n1-c1c(OC)cccc1OC. The predicted octanol–water partition coefficient (Wildman–Crippen LogP) is 4.86. The van der Waals surface area contributed by atoms with E-state index >= 15 is 0 Å². The third kappa shape index (κ3) is 4.98. The van der Waals surface area contributed by atoms with Crippen LogP contribution in [-0.2, 0) is 6.42 Å². The van der Waals surface area contributed by atoms with Gasteiger partial charge in [-0.1, -0.05) is 13.0 Å².